The van der Waals surface area contributed by atoms with Crippen molar-refractivity contribution in [3.05, 3.63) is 112 Å². The van der Waals surface area contributed by atoms with E-state index in [4.69, 9.17) is 21.7 Å². The predicted octanol–water partition coefficient (Wildman–Crippen LogP) is 9.13. The first kappa shape index (κ1) is 57.6. The number of aryl methyl sites for hydroxylation is 1. The minimum absolute atomic E-state index is 0.0261. The maximum atomic E-state index is 15.5. The lowest BCUT2D eigenvalue weighted by molar-refractivity contribution is -0.144. The van der Waals surface area contributed by atoms with Crippen LogP contribution in [-0.4, -0.2) is 98.8 Å². The maximum absolute atomic E-state index is 15.5. The monoisotopic (exact) mass is 1110 g/mol. The fraction of sp³-hybridized carbons (Fsp3) is 0.396. The van der Waals surface area contributed by atoms with E-state index in [1.165, 1.54) is 60.4 Å². The summed E-state index contributed by atoms with van der Waals surface area (Å²) >= 11 is 6.93. The minimum atomic E-state index is -5.34. The molecule has 2 aliphatic heterocycles. The molecule has 0 bridgehead atoms. The Labute approximate surface area is 448 Å². The number of aromatic nitrogens is 2. The Morgan fingerprint density at radius 2 is 1.62 bits per heavy atom. The van der Waals surface area contributed by atoms with Crippen molar-refractivity contribution >= 4 is 63.7 Å². The van der Waals surface area contributed by atoms with Gasteiger partial charge in [0, 0.05) is 31.7 Å². The largest absolute Gasteiger partial charge is 0.494 e. The zero-order valence-electron chi connectivity index (χ0n) is 42.4. The van der Waals surface area contributed by atoms with Crippen LogP contribution in [0.2, 0.25) is 0 Å². The Morgan fingerprint density at radius 1 is 0.961 bits per heavy atom. The number of rotatable bonds is 17. The fourth-order valence-electron chi connectivity index (χ4n) is 8.92. The van der Waals surface area contributed by atoms with Crippen molar-refractivity contribution in [1.29, 1.82) is 5.26 Å². The van der Waals surface area contributed by atoms with Crippen LogP contribution in [0, 0.1) is 29.5 Å². The van der Waals surface area contributed by atoms with Gasteiger partial charge in [-0.1, -0.05) is 45.0 Å². The van der Waals surface area contributed by atoms with E-state index >= 15 is 4.39 Å². The summed E-state index contributed by atoms with van der Waals surface area (Å²) in [5.74, 6) is -4.24. The Morgan fingerprint density at radius 3 is 2.23 bits per heavy atom. The van der Waals surface area contributed by atoms with E-state index in [0.29, 0.717) is 35.6 Å². The van der Waals surface area contributed by atoms with Gasteiger partial charge in [0.2, 0.25) is 17.7 Å². The van der Waals surface area contributed by atoms with Gasteiger partial charge in [-0.2, -0.15) is 31.6 Å². The van der Waals surface area contributed by atoms with Gasteiger partial charge in [0.1, 0.15) is 35.5 Å². The summed E-state index contributed by atoms with van der Waals surface area (Å²) in [6.45, 7) is 9.74. The second-order valence-corrected chi connectivity index (χ2v) is 21.1. The number of thiazole rings is 1. The molecular weight excluding hydrogens is 1060 g/mol. The third-order valence-corrected chi connectivity index (χ3v) is 14.2. The first-order chi connectivity index (χ1) is 36.1. The highest BCUT2D eigenvalue weighted by atomic mass is 32.1. The number of aliphatic hydroxyl groups excluding tert-OH is 1. The molecule has 0 spiro atoms. The average molecular weight is 1110 g/mol. The molecule has 24 heteroatoms. The number of alkyl halides is 6. The van der Waals surface area contributed by atoms with Crippen molar-refractivity contribution < 1.29 is 64.5 Å². The van der Waals surface area contributed by atoms with E-state index < -0.39 is 104 Å². The highest BCUT2D eigenvalue weighted by Crippen LogP contribution is 2.44. The van der Waals surface area contributed by atoms with E-state index in [0.717, 1.165) is 38.9 Å². The van der Waals surface area contributed by atoms with Crippen LogP contribution >= 0.6 is 23.6 Å². The van der Waals surface area contributed by atoms with E-state index in [2.05, 4.69) is 20.6 Å². The number of anilines is 2. The average Bonchev–Trinajstić information content (AvgIpc) is 4.13. The molecule has 3 atom stereocenters. The van der Waals surface area contributed by atoms with Crippen molar-refractivity contribution in [3.8, 4) is 33.5 Å². The number of unbranched alkanes of at least 4 members (excludes halogenated alkanes) is 1. The lowest BCUT2D eigenvalue weighted by Crippen LogP contribution is -2.58. The molecule has 2 aromatic heterocycles. The van der Waals surface area contributed by atoms with Gasteiger partial charge in [-0.05, 0) is 105 Å². The number of pyridine rings is 1. The van der Waals surface area contributed by atoms with E-state index in [9.17, 15) is 55.9 Å². The zero-order chi connectivity index (χ0) is 56.4. The van der Waals surface area contributed by atoms with Crippen LogP contribution in [0.15, 0.2) is 78.4 Å². The first-order valence-electron chi connectivity index (χ1n) is 24.0. The molecule has 5 aromatic rings. The number of hydrogen-bond acceptors (Lipinski definition) is 12. The number of hydrogen-bond donors (Lipinski definition) is 3. The number of amides is 4. The number of thiocarbonyl (C=S) groups is 1. The number of nitrogens with one attached hydrogen (secondary N) is 2. The van der Waals surface area contributed by atoms with Crippen LogP contribution in [0.5, 0.6) is 5.75 Å². The molecule has 77 heavy (non-hydrogen) atoms. The van der Waals surface area contributed by atoms with Gasteiger partial charge in [0.25, 0.3) is 5.91 Å². The van der Waals surface area contributed by atoms with Crippen LogP contribution in [0.1, 0.15) is 81.8 Å². The van der Waals surface area contributed by atoms with E-state index in [-0.39, 0.29) is 50.6 Å². The highest BCUT2D eigenvalue weighted by molar-refractivity contribution is 7.81. The summed E-state index contributed by atoms with van der Waals surface area (Å²) in [7, 11) is 0. The number of nitriles is 1. The zero-order valence-corrected chi connectivity index (χ0v) is 44.1. The van der Waals surface area contributed by atoms with Gasteiger partial charge in [-0.25, -0.2) is 9.37 Å². The molecule has 0 aliphatic carbocycles. The number of ether oxygens (including phenoxy) is 2. The molecule has 3 aromatic carbocycles. The number of likely N-dealkylation sites (tertiary alicyclic amines) is 1. The SMILES string of the molecule is Cc1ncsc1-c1ccc(CNC(=O)[C@@H]2C[C@@H](O)CN2C(=O)[C@@H](NC(=O)COCCCCOc2ccc(-c3ncc(N4C(=S)N(c5ccc(C#N)c(C(F)(F)F)c5F)C(=O)C4(C)C)cc3C(F)(F)F)cc2)C(C)(C)C)cc1. The Hall–Kier alpha value is -7.07. The van der Waals surface area contributed by atoms with Crippen molar-refractivity contribution in [1.82, 2.24) is 25.5 Å². The van der Waals surface area contributed by atoms with Crippen LogP contribution in [-0.2, 0) is 42.8 Å². The van der Waals surface area contributed by atoms with Gasteiger partial charge in [0.15, 0.2) is 10.9 Å². The van der Waals surface area contributed by atoms with Crippen LogP contribution < -0.4 is 25.2 Å². The number of benzene rings is 3. The number of β-amino-alcohol motifs (C(OH)–C–C–N with tert-alkyl or cyclic N) is 1. The summed E-state index contributed by atoms with van der Waals surface area (Å²) in [6, 6.07) is 14.6. The standard InChI is InChI=1S/C53H53F7N8O7S2/c1-29-44(77-28-64-29)32-11-9-30(10-12-32)24-63-46(71)39-22-35(69)26-66(39)47(72)45(50(2,3)4)65-40(70)27-74-19-7-8-20-75-36-16-13-31(14-17-36)43-37(52(55,56)57)21-34(25-62-43)68-49(76)67(48(73)51(68,5)6)38-18-15-33(23-61)41(42(38)54)53(58,59)60/h9-18,21,25,28,35,39,45,69H,7-8,19-20,22,24,26-27H2,1-6H3,(H,63,71)(H,65,70)/t35-,39+,45-/m1/s1. The maximum Gasteiger partial charge on any atom is 0.420 e. The molecule has 4 amide bonds. The summed E-state index contributed by atoms with van der Waals surface area (Å²) in [4.78, 5) is 66.3. The second kappa shape index (κ2) is 22.9. The first-order valence-corrected chi connectivity index (χ1v) is 25.3. The smallest absolute Gasteiger partial charge is 0.420 e. The summed E-state index contributed by atoms with van der Waals surface area (Å²) in [6.07, 6.45) is -9.39. The third-order valence-electron chi connectivity index (χ3n) is 12.9. The highest BCUT2D eigenvalue weighted by Gasteiger charge is 2.53. The Kier molecular flexibility index (Phi) is 17.1. The fourth-order valence-corrected chi connectivity index (χ4v) is 10.3. The van der Waals surface area contributed by atoms with Crippen molar-refractivity contribution in [2.45, 2.75) is 103 Å². The lowest BCUT2D eigenvalue weighted by Gasteiger charge is -2.35. The topological polar surface area (TPSA) is 190 Å². The molecule has 0 radical (unpaired) electrons. The van der Waals surface area contributed by atoms with Crippen LogP contribution in [0.4, 0.5) is 42.1 Å². The van der Waals surface area contributed by atoms with E-state index in [1.807, 2.05) is 31.2 Å². The quantitative estimate of drug-likeness (QED) is 0.0456. The van der Waals surface area contributed by atoms with Crippen LogP contribution in [0.3, 0.4) is 0 Å². The summed E-state index contributed by atoms with van der Waals surface area (Å²) in [5.41, 5.74) is -4.11. The number of halogens is 7. The molecule has 3 N–H and O–H groups in total. The molecule has 2 aliphatic rings. The Bertz CT molecular complexity index is 3080. The Balaban J connectivity index is 0.895. The minimum Gasteiger partial charge on any atom is -0.494 e. The van der Waals surface area contributed by atoms with Gasteiger partial charge in [0.05, 0.1) is 69.3 Å². The molecular formula is C53H53F7N8O7S2. The molecule has 4 heterocycles. The van der Waals surface area contributed by atoms with Crippen molar-refractivity contribution in [2.24, 2.45) is 5.41 Å². The van der Waals surface area contributed by atoms with Crippen molar-refractivity contribution in [3.63, 3.8) is 0 Å². The van der Waals surface area contributed by atoms with E-state index in [1.54, 1.807) is 26.3 Å². The molecule has 0 saturated carbocycles. The normalized spacial score (nSPS) is 17.1. The molecule has 2 saturated heterocycles. The van der Waals surface area contributed by atoms with Crippen LogP contribution in [0.25, 0.3) is 21.7 Å². The molecule has 2 fully saturated rings. The predicted molar refractivity (Wildman–Crippen MR) is 275 cm³/mol. The molecule has 7 rings (SSSR count). The van der Waals surface area contributed by atoms with Crippen molar-refractivity contribution in [2.75, 3.05) is 36.2 Å². The number of nitrogens with zero attached hydrogens (tertiary/aromatic N) is 6. The van der Waals surface area contributed by atoms with Gasteiger partial charge in [-0.3, -0.25) is 29.1 Å². The molecule has 408 valence electrons. The third kappa shape index (κ3) is 12.7. The molecule has 0 unspecified atom stereocenters. The molecule has 15 nitrogen and oxygen atoms in total. The lowest BCUT2D eigenvalue weighted by atomic mass is 9.85. The van der Waals surface area contributed by atoms with Gasteiger partial charge < -0.3 is 35.0 Å². The second-order valence-electron chi connectivity index (χ2n) is 19.9. The number of aliphatic hydroxyl groups is 1. The summed E-state index contributed by atoms with van der Waals surface area (Å²) in [5, 5.41) is 24.7. The van der Waals surface area contributed by atoms with Gasteiger partial charge in [-0.15, -0.1) is 11.3 Å². The number of carbonyl (C=O) groups is 4. The summed E-state index contributed by atoms with van der Waals surface area (Å²) < 4.78 is 112. The van der Waals surface area contributed by atoms with Gasteiger partial charge >= 0.3 is 12.4 Å². The number of carbonyl (C=O) groups excluding carboxylic acids is 4.